The summed E-state index contributed by atoms with van der Waals surface area (Å²) < 4.78 is 12.7. The van der Waals surface area contributed by atoms with Crippen LogP contribution in [0.15, 0.2) is 119 Å². The minimum absolute atomic E-state index is 0.717. The van der Waals surface area contributed by atoms with Crippen molar-refractivity contribution in [2.24, 2.45) is 9.98 Å². The van der Waals surface area contributed by atoms with E-state index in [0.29, 0.717) is 13.2 Å². The van der Waals surface area contributed by atoms with Gasteiger partial charge in [0.2, 0.25) is 0 Å². The van der Waals surface area contributed by atoms with E-state index in [1.807, 2.05) is 0 Å². The third-order valence-corrected chi connectivity index (χ3v) is 10.6. The Morgan fingerprint density at radius 1 is 0.510 bits per heavy atom. The van der Waals surface area contributed by atoms with Gasteiger partial charge in [-0.1, -0.05) is 97.1 Å². The van der Waals surface area contributed by atoms with Crippen LogP contribution < -0.4 is 0 Å². The van der Waals surface area contributed by atoms with Crippen molar-refractivity contribution in [2.45, 2.75) is 65.0 Å². The molecule has 6 aromatic rings. The van der Waals surface area contributed by atoms with Gasteiger partial charge in [-0.05, 0) is 98.6 Å². The molecule has 0 atom stereocenters. The number of fused-ring (bicyclic) bond motifs is 4. The van der Waals surface area contributed by atoms with E-state index in [-0.39, 0.29) is 0 Å². The van der Waals surface area contributed by atoms with Crippen molar-refractivity contribution in [1.29, 1.82) is 0 Å². The third kappa shape index (κ3) is 11.3. The van der Waals surface area contributed by atoms with E-state index in [9.17, 15) is 0 Å². The van der Waals surface area contributed by atoms with E-state index in [2.05, 4.69) is 177 Å². The van der Waals surface area contributed by atoms with E-state index in [1.165, 1.54) is 32.4 Å². The van der Waals surface area contributed by atoms with Crippen LogP contribution in [-0.2, 0) is 19.7 Å². The summed E-state index contributed by atoms with van der Waals surface area (Å²) in [5.41, 5.74) is 4.08. The predicted octanol–water partition coefficient (Wildman–Crippen LogP) is 14.1. The van der Waals surface area contributed by atoms with E-state index in [0.717, 1.165) is 70.0 Å². The fourth-order valence-corrected chi connectivity index (χ4v) is 7.77. The van der Waals surface area contributed by atoms with E-state index in [1.54, 1.807) is 0 Å². The van der Waals surface area contributed by atoms with Gasteiger partial charge in [0.25, 0.3) is 0 Å². The van der Waals surface area contributed by atoms with Gasteiger partial charge in [0.1, 0.15) is 0 Å². The molecule has 0 fully saturated rings. The maximum atomic E-state index is 6.35. The summed E-state index contributed by atoms with van der Waals surface area (Å²) in [7, 11) is -2.05. The predicted molar refractivity (Wildman–Crippen MR) is 232 cm³/mol. The molecule has 270 valence electrons. The molecule has 4 nitrogen and oxygen atoms in total. The van der Waals surface area contributed by atoms with E-state index in [4.69, 9.17) is 18.8 Å². The first kappa shape index (κ1) is 39.7. The molecule has 0 unspecified atom stereocenters. The van der Waals surface area contributed by atoms with Gasteiger partial charge in [-0.15, -0.1) is 0 Å². The molecule has 9 heteroatoms. The fraction of sp³-hybridized carbons (Fsp3) is 0.286. The Labute approximate surface area is 325 Å². The van der Waals surface area contributed by atoms with Crippen LogP contribution in [0.1, 0.15) is 25.7 Å². The summed E-state index contributed by atoms with van der Waals surface area (Å²) in [5.74, 6) is 0. The second kappa shape index (κ2) is 18.5. The van der Waals surface area contributed by atoms with Crippen LogP contribution in [0.5, 0.6) is 0 Å². The summed E-state index contributed by atoms with van der Waals surface area (Å²) in [5, 5.41) is 9.40. The van der Waals surface area contributed by atoms with Crippen LogP contribution in [0.3, 0.4) is 0 Å². The maximum absolute atomic E-state index is 6.35. The van der Waals surface area contributed by atoms with Gasteiger partial charge in [0.15, 0.2) is 16.6 Å². The molecule has 0 heterocycles. The van der Waals surface area contributed by atoms with Crippen LogP contribution in [0.25, 0.3) is 43.1 Å². The molecule has 0 aliphatic heterocycles. The molecular formula is C42H48Br2N2NiO2Si2. The van der Waals surface area contributed by atoms with Gasteiger partial charge in [0, 0.05) is 34.8 Å². The van der Waals surface area contributed by atoms with Gasteiger partial charge in [-0.2, -0.15) is 0 Å². The summed E-state index contributed by atoms with van der Waals surface area (Å²) in [6.45, 7) is 14.9. The number of hydrogen-bond acceptors (Lipinski definition) is 4. The van der Waals surface area contributed by atoms with Crippen molar-refractivity contribution in [3.05, 3.63) is 109 Å². The van der Waals surface area contributed by atoms with E-state index < -0.39 is 16.6 Å². The summed E-state index contributed by atoms with van der Waals surface area (Å²) in [6, 6.07) is 39.0. The molecule has 0 aliphatic rings. The van der Waals surface area contributed by atoms with Gasteiger partial charge >= 0.3 is 39.3 Å². The first-order valence-corrected chi connectivity index (χ1v) is 29.2. The number of aliphatic imine (C=N–C) groups is 2. The molecule has 0 saturated heterocycles. The molecule has 6 rings (SSSR count). The van der Waals surface area contributed by atoms with Crippen LogP contribution in [-0.4, -0.2) is 41.3 Å². The van der Waals surface area contributed by atoms with Gasteiger partial charge in [-0.3, -0.25) is 9.98 Å². The van der Waals surface area contributed by atoms with Crippen molar-refractivity contribution < 1.29 is 19.7 Å². The zero-order valence-corrected chi connectivity index (χ0v) is 36.6. The Bertz CT molecular complexity index is 1900. The molecule has 0 aliphatic carbocycles. The van der Waals surface area contributed by atoms with Crippen molar-refractivity contribution in [2.75, 3.05) is 13.2 Å². The number of nitrogens with zero attached hydrogens (tertiary/aromatic N) is 2. The molecule has 0 bridgehead atoms. The number of benzene rings is 6. The van der Waals surface area contributed by atoms with Crippen molar-refractivity contribution in [3.63, 3.8) is 0 Å². The quantitative estimate of drug-likeness (QED) is 0.0502. The molecule has 0 radical (unpaired) electrons. The Morgan fingerprint density at radius 2 is 0.784 bits per heavy atom. The standard InChI is InChI=1S/C42H48N2O2Si2.2BrH.Ni/c1-47(2,3)45-27-15-25-39(43-41-35-21-11-7-17-31(35)29-32-18-8-12-22-36(32)41)40(26-16-28-46-48(4,5)6)44-42-37-23-13-9-19-33(37)30-34-20-10-14-24-38(34)42;;;/h7-14,17-24,29-30H,15-16,25-28H2,1-6H3;2*1H;/q;;;+2/p-2. The van der Waals surface area contributed by atoms with Crippen molar-refractivity contribution in [3.8, 4) is 0 Å². The summed E-state index contributed by atoms with van der Waals surface area (Å²) in [6.07, 6.45) is 3.32. The number of hydrogen-bond donors (Lipinski definition) is 0. The van der Waals surface area contributed by atoms with E-state index >= 15 is 0 Å². The third-order valence-electron chi connectivity index (χ3n) is 8.50. The van der Waals surface area contributed by atoms with Crippen LogP contribution >= 0.6 is 28.5 Å². The summed E-state index contributed by atoms with van der Waals surface area (Å²) >= 11 is 6.00. The number of halogens is 2. The zero-order valence-electron chi connectivity index (χ0n) is 30.4. The molecular weight excluding hydrogens is 839 g/mol. The molecule has 0 aromatic heterocycles. The van der Waals surface area contributed by atoms with Gasteiger partial charge in [0.05, 0.1) is 22.8 Å². The molecule has 0 spiro atoms. The fourth-order valence-electron chi connectivity index (χ4n) is 6.26. The Hall–Kier alpha value is -2.49. The molecule has 6 aromatic carbocycles. The Kier molecular flexibility index (Phi) is 14.4. The van der Waals surface area contributed by atoms with Crippen molar-refractivity contribution >= 4 is 111 Å². The summed E-state index contributed by atoms with van der Waals surface area (Å²) in [4.78, 5) is 11.3. The topological polar surface area (TPSA) is 43.2 Å². The molecule has 0 amide bonds. The van der Waals surface area contributed by atoms with Gasteiger partial charge in [-0.25, -0.2) is 0 Å². The van der Waals surface area contributed by atoms with Crippen LogP contribution in [0.4, 0.5) is 11.4 Å². The average Bonchev–Trinajstić information content (AvgIpc) is 3.09. The number of rotatable bonds is 13. The molecule has 51 heavy (non-hydrogen) atoms. The van der Waals surface area contributed by atoms with Crippen LogP contribution in [0.2, 0.25) is 39.3 Å². The first-order chi connectivity index (χ1) is 24.5. The van der Waals surface area contributed by atoms with Crippen molar-refractivity contribution in [1.82, 2.24) is 0 Å². The Morgan fingerprint density at radius 3 is 1.06 bits per heavy atom. The average molecular weight is 888 g/mol. The molecule has 0 saturated carbocycles. The Balaban J connectivity index is 0.00000162. The zero-order chi connectivity index (χ0) is 36.4. The monoisotopic (exact) mass is 884 g/mol. The van der Waals surface area contributed by atoms with Gasteiger partial charge < -0.3 is 8.85 Å². The second-order valence-electron chi connectivity index (χ2n) is 14.6. The van der Waals surface area contributed by atoms with Crippen LogP contribution in [0, 0.1) is 0 Å². The second-order valence-corrected chi connectivity index (χ2v) is 28.6. The molecule has 0 N–H and O–H groups in total. The normalized spacial score (nSPS) is 12.9. The minimum atomic E-state index is -1.65. The first-order valence-electron chi connectivity index (χ1n) is 17.5. The SMILES string of the molecule is C[Si](C)(C)OCCCC(=Nc1c2ccccc2cc2ccccc12)C(CCCO[Si](C)(C)C)=Nc1c2ccccc2cc2ccccc12.[Br][Ni][Br].